The Hall–Kier alpha value is -1.81. The van der Waals surface area contributed by atoms with Gasteiger partial charge in [0.25, 0.3) is 0 Å². The number of piperidine rings is 1. The number of imidazole rings is 1. The van der Waals surface area contributed by atoms with Crippen LogP contribution in [0.1, 0.15) is 30.9 Å². The maximum absolute atomic E-state index is 12.1. The molecule has 2 heterocycles. The van der Waals surface area contributed by atoms with Crippen molar-refractivity contribution in [3.8, 4) is 5.69 Å². The van der Waals surface area contributed by atoms with Gasteiger partial charge in [-0.3, -0.25) is 4.57 Å². The molecule has 1 unspecified atom stereocenters. The van der Waals surface area contributed by atoms with E-state index in [2.05, 4.69) is 11.4 Å². The zero-order valence-corrected chi connectivity index (χ0v) is 11.2. The fraction of sp³-hybridized carbons (Fsp3) is 0.400. The van der Waals surface area contributed by atoms with Gasteiger partial charge in [-0.15, -0.1) is 0 Å². The van der Waals surface area contributed by atoms with E-state index in [9.17, 15) is 4.79 Å². The van der Waals surface area contributed by atoms with Crippen LogP contribution in [0, 0.1) is 0 Å². The lowest BCUT2D eigenvalue weighted by Gasteiger charge is -2.25. The van der Waals surface area contributed by atoms with Crippen molar-refractivity contribution in [2.75, 3.05) is 6.54 Å². The number of para-hydroxylation sites is 1. The highest BCUT2D eigenvalue weighted by molar-refractivity contribution is 5.43. The normalized spacial score (nSPS) is 19.5. The Balaban J connectivity index is 2.06. The lowest BCUT2D eigenvalue weighted by Crippen LogP contribution is -2.29. The van der Waals surface area contributed by atoms with Crippen LogP contribution < -0.4 is 11.0 Å². The van der Waals surface area contributed by atoms with Gasteiger partial charge in [-0.1, -0.05) is 24.6 Å². The highest BCUT2D eigenvalue weighted by atomic mass is 16.1. The fourth-order valence-electron chi connectivity index (χ4n) is 2.77. The van der Waals surface area contributed by atoms with Gasteiger partial charge in [0.1, 0.15) is 0 Å². The smallest absolute Gasteiger partial charge is 0.310 e. The van der Waals surface area contributed by atoms with Crippen molar-refractivity contribution < 1.29 is 0 Å². The summed E-state index contributed by atoms with van der Waals surface area (Å²) in [5, 5.41) is 3.55. The summed E-state index contributed by atoms with van der Waals surface area (Å²) in [5.41, 5.74) is 2.21. The van der Waals surface area contributed by atoms with Crippen molar-refractivity contribution in [1.82, 2.24) is 14.5 Å². The van der Waals surface area contributed by atoms with E-state index in [1.807, 2.05) is 24.4 Å². The quantitative estimate of drug-likeness (QED) is 0.893. The van der Waals surface area contributed by atoms with Gasteiger partial charge in [0.05, 0.1) is 5.69 Å². The second kappa shape index (κ2) is 5.05. The van der Waals surface area contributed by atoms with Crippen LogP contribution in [-0.2, 0) is 7.05 Å². The molecule has 100 valence electrons. The number of nitrogens with zero attached hydrogens (tertiary/aromatic N) is 2. The summed E-state index contributed by atoms with van der Waals surface area (Å²) < 4.78 is 3.33. The van der Waals surface area contributed by atoms with Gasteiger partial charge < -0.3 is 9.88 Å². The van der Waals surface area contributed by atoms with Crippen LogP contribution in [-0.4, -0.2) is 15.7 Å². The largest absolute Gasteiger partial charge is 0.332 e. The van der Waals surface area contributed by atoms with E-state index in [-0.39, 0.29) is 5.69 Å². The van der Waals surface area contributed by atoms with Gasteiger partial charge in [0, 0.05) is 25.5 Å². The first-order valence-corrected chi connectivity index (χ1v) is 6.84. The molecular formula is C15H19N3O. The molecule has 3 rings (SSSR count). The molecule has 1 fully saturated rings. The molecular weight excluding hydrogens is 238 g/mol. The van der Waals surface area contributed by atoms with E-state index in [1.54, 1.807) is 22.4 Å². The number of aryl methyl sites for hydroxylation is 1. The van der Waals surface area contributed by atoms with Gasteiger partial charge in [-0.2, -0.15) is 0 Å². The lowest BCUT2D eigenvalue weighted by molar-refractivity contribution is 0.411. The summed E-state index contributed by atoms with van der Waals surface area (Å²) in [4.78, 5) is 12.1. The topological polar surface area (TPSA) is 39.0 Å². The van der Waals surface area contributed by atoms with Crippen molar-refractivity contribution in [2.24, 2.45) is 7.05 Å². The van der Waals surface area contributed by atoms with Crippen molar-refractivity contribution >= 4 is 0 Å². The first kappa shape index (κ1) is 12.2. The predicted molar refractivity (Wildman–Crippen MR) is 75.6 cm³/mol. The SMILES string of the molecule is Cn1ccn(-c2ccccc2C2CCCCN2)c1=O. The number of aromatic nitrogens is 2. The Labute approximate surface area is 112 Å². The van der Waals surface area contributed by atoms with E-state index in [0.29, 0.717) is 6.04 Å². The Morgan fingerprint density at radius 2 is 2.05 bits per heavy atom. The average molecular weight is 257 g/mol. The minimum Gasteiger partial charge on any atom is -0.310 e. The average Bonchev–Trinajstić information content (AvgIpc) is 2.80. The molecule has 19 heavy (non-hydrogen) atoms. The van der Waals surface area contributed by atoms with Crippen LogP contribution in [0.15, 0.2) is 41.5 Å². The Bertz CT molecular complexity index is 620. The molecule has 1 aromatic heterocycles. The van der Waals surface area contributed by atoms with E-state index < -0.39 is 0 Å². The van der Waals surface area contributed by atoms with Gasteiger partial charge in [0.2, 0.25) is 0 Å². The molecule has 1 aliphatic rings. The molecule has 1 aromatic carbocycles. The zero-order valence-electron chi connectivity index (χ0n) is 11.2. The Morgan fingerprint density at radius 1 is 1.21 bits per heavy atom. The summed E-state index contributed by atoms with van der Waals surface area (Å²) in [6, 6.07) is 8.53. The molecule has 0 saturated carbocycles. The third-order valence-electron chi connectivity index (χ3n) is 3.83. The molecule has 1 N–H and O–H groups in total. The molecule has 1 aliphatic heterocycles. The van der Waals surface area contributed by atoms with Crippen LogP contribution >= 0.6 is 0 Å². The van der Waals surface area contributed by atoms with Gasteiger partial charge in [-0.25, -0.2) is 4.79 Å². The van der Waals surface area contributed by atoms with Crippen LogP contribution in [0.3, 0.4) is 0 Å². The van der Waals surface area contributed by atoms with E-state index in [1.165, 1.54) is 18.4 Å². The monoisotopic (exact) mass is 257 g/mol. The summed E-state index contributed by atoms with van der Waals surface area (Å²) in [7, 11) is 1.78. The van der Waals surface area contributed by atoms with Crippen LogP contribution in [0.2, 0.25) is 0 Å². The first-order valence-electron chi connectivity index (χ1n) is 6.84. The number of nitrogens with one attached hydrogen (secondary N) is 1. The molecule has 0 radical (unpaired) electrons. The van der Waals surface area contributed by atoms with Crippen molar-refractivity contribution in [2.45, 2.75) is 25.3 Å². The van der Waals surface area contributed by atoms with Gasteiger partial charge >= 0.3 is 5.69 Å². The molecule has 4 nitrogen and oxygen atoms in total. The number of hydrogen-bond donors (Lipinski definition) is 1. The molecule has 0 amide bonds. The van der Waals surface area contributed by atoms with Gasteiger partial charge in [-0.05, 0) is 31.0 Å². The summed E-state index contributed by atoms with van der Waals surface area (Å²) >= 11 is 0. The minimum atomic E-state index is 0.00302. The van der Waals surface area contributed by atoms with Gasteiger partial charge in [0.15, 0.2) is 0 Å². The standard InChI is InChI=1S/C15H19N3O/c1-17-10-11-18(15(17)19)14-8-3-2-6-12(14)13-7-4-5-9-16-13/h2-3,6,8,10-11,13,16H,4-5,7,9H2,1H3. The minimum absolute atomic E-state index is 0.00302. The second-order valence-corrected chi connectivity index (χ2v) is 5.12. The fourth-order valence-corrected chi connectivity index (χ4v) is 2.77. The zero-order chi connectivity index (χ0) is 13.2. The van der Waals surface area contributed by atoms with Crippen LogP contribution in [0.5, 0.6) is 0 Å². The summed E-state index contributed by atoms with van der Waals surface area (Å²) in [5.74, 6) is 0. The molecule has 0 bridgehead atoms. The van der Waals surface area contributed by atoms with E-state index in [4.69, 9.17) is 0 Å². The number of benzene rings is 1. The predicted octanol–water partition coefficient (Wildman–Crippen LogP) is 1.99. The molecule has 2 aromatic rings. The number of hydrogen-bond acceptors (Lipinski definition) is 2. The number of rotatable bonds is 2. The maximum atomic E-state index is 12.1. The first-order chi connectivity index (χ1) is 9.27. The van der Waals surface area contributed by atoms with Crippen molar-refractivity contribution in [3.05, 3.63) is 52.7 Å². The second-order valence-electron chi connectivity index (χ2n) is 5.12. The highest BCUT2D eigenvalue weighted by Gasteiger charge is 2.18. The third kappa shape index (κ3) is 2.24. The van der Waals surface area contributed by atoms with E-state index >= 15 is 0 Å². The van der Waals surface area contributed by atoms with Crippen molar-refractivity contribution in [3.63, 3.8) is 0 Å². The van der Waals surface area contributed by atoms with Crippen LogP contribution in [0.4, 0.5) is 0 Å². The molecule has 1 atom stereocenters. The molecule has 0 aliphatic carbocycles. The molecule has 1 saturated heterocycles. The summed E-state index contributed by atoms with van der Waals surface area (Å²) in [6.45, 7) is 1.06. The third-order valence-corrected chi connectivity index (χ3v) is 3.83. The molecule has 4 heteroatoms. The maximum Gasteiger partial charge on any atom is 0.332 e. The van der Waals surface area contributed by atoms with E-state index in [0.717, 1.165) is 18.7 Å². The highest BCUT2D eigenvalue weighted by Crippen LogP contribution is 2.27. The Kier molecular flexibility index (Phi) is 3.25. The summed E-state index contributed by atoms with van der Waals surface area (Å²) in [6.07, 6.45) is 7.26. The van der Waals surface area contributed by atoms with Crippen molar-refractivity contribution in [1.29, 1.82) is 0 Å². The molecule has 0 spiro atoms. The van der Waals surface area contributed by atoms with Crippen LogP contribution in [0.25, 0.3) is 5.69 Å². The lowest BCUT2D eigenvalue weighted by atomic mass is 9.96. The Morgan fingerprint density at radius 3 is 2.74 bits per heavy atom.